The molecule has 0 aliphatic heterocycles. The zero-order valence-corrected chi connectivity index (χ0v) is 11.9. The van der Waals surface area contributed by atoms with Gasteiger partial charge in [0.15, 0.2) is 5.76 Å². The standard InChI is InChI=1S/C14H10FN3O3S/c15-11-6-12(8-16-7-11)22(19,20)18-13-9-17-21-14(13)10-4-2-1-3-5-10/h1-9,18H. The summed E-state index contributed by atoms with van der Waals surface area (Å²) < 4.78 is 45.0. The van der Waals surface area contributed by atoms with E-state index in [2.05, 4.69) is 14.9 Å². The molecule has 0 amide bonds. The van der Waals surface area contributed by atoms with Crippen molar-refractivity contribution >= 4 is 15.7 Å². The third kappa shape index (κ3) is 2.82. The fraction of sp³-hybridized carbons (Fsp3) is 0. The molecule has 3 rings (SSSR count). The number of rotatable bonds is 4. The first-order chi connectivity index (χ1) is 10.6. The summed E-state index contributed by atoms with van der Waals surface area (Å²) in [6.07, 6.45) is 3.22. The molecule has 0 radical (unpaired) electrons. The molecule has 8 heteroatoms. The third-order valence-electron chi connectivity index (χ3n) is 2.84. The number of hydrogen-bond donors (Lipinski definition) is 1. The molecule has 3 aromatic rings. The van der Waals surface area contributed by atoms with Crippen LogP contribution in [0.1, 0.15) is 0 Å². The Hall–Kier alpha value is -2.74. The van der Waals surface area contributed by atoms with Crippen LogP contribution in [0, 0.1) is 5.82 Å². The quantitative estimate of drug-likeness (QED) is 0.799. The van der Waals surface area contributed by atoms with E-state index in [0.717, 1.165) is 18.5 Å². The van der Waals surface area contributed by atoms with Crippen molar-refractivity contribution in [2.24, 2.45) is 0 Å². The van der Waals surface area contributed by atoms with E-state index in [1.54, 1.807) is 24.3 Å². The average Bonchev–Trinajstić information content (AvgIpc) is 2.95. The van der Waals surface area contributed by atoms with Crippen molar-refractivity contribution in [3.63, 3.8) is 0 Å². The highest BCUT2D eigenvalue weighted by Gasteiger charge is 2.20. The van der Waals surface area contributed by atoms with E-state index in [1.165, 1.54) is 6.20 Å². The summed E-state index contributed by atoms with van der Waals surface area (Å²) in [4.78, 5) is 3.24. The SMILES string of the molecule is O=S(=O)(Nc1cnoc1-c1ccccc1)c1cncc(F)c1. The van der Waals surface area contributed by atoms with Crippen LogP contribution < -0.4 is 4.72 Å². The van der Waals surface area contributed by atoms with Gasteiger partial charge in [0.2, 0.25) is 0 Å². The number of benzene rings is 1. The minimum absolute atomic E-state index is 0.162. The maximum absolute atomic E-state index is 13.1. The van der Waals surface area contributed by atoms with Gasteiger partial charge in [0.05, 0.1) is 12.4 Å². The molecule has 0 atom stereocenters. The second-order valence-electron chi connectivity index (χ2n) is 4.38. The maximum atomic E-state index is 13.1. The summed E-state index contributed by atoms with van der Waals surface area (Å²) >= 11 is 0. The van der Waals surface area contributed by atoms with E-state index in [-0.39, 0.29) is 16.3 Å². The zero-order valence-electron chi connectivity index (χ0n) is 11.1. The number of pyridine rings is 1. The molecule has 0 fully saturated rings. The molecule has 0 saturated carbocycles. The smallest absolute Gasteiger partial charge is 0.263 e. The molecule has 0 bridgehead atoms. The predicted octanol–water partition coefficient (Wildman–Crippen LogP) is 2.68. The summed E-state index contributed by atoms with van der Waals surface area (Å²) in [7, 11) is -3.99. The summed E-state index contributed by atoms with van der Waals surface area (Å²) in [6.45, 7) is 0. The number of halogens is 1. The second kappa shape index (κ2) is 5.57. The largest absolute Gasteiger partial charge is 0.354 e. The minimum atomic E-state index is -3.99. The van der Waals surface area contributed by atoms with Crippen molar-refractivity contribution in [1.29, 1.82) is 0 Å². The number of nitrogens with one attached hydrogen (secondary N) is 1. The van der Waals surface area contributed by atoms with Crippen molar-refractivity contribution in [2.75, 3.05) is 4.72 Å². The Kier molecular flexibility index (Phi) is 3.60. The minimum Gasteiger partial charge on any atom is -0.354 e. The lowest BCUT2D eigenvalue weighted by Crippen LogP contribution is -2.13. The Labute approximate surface area is 125 Å². The Morgan fingerprint density at radius 2 is 1.86 bits per heavy atom. The van der Waals surface area contributed by atoms with Crippen molar-refractivity contribution in [2.45, 2.75) is 4.90 Å². The summed E-state index contributed by atoms with van der Waals surface area (Å²) in [5.74, 6) is -0.468. The van der Waals surface area contributed by atoms with Crippen molar-refractivity contribution in [3.8, 4) is 11.3 Å². The molecule has 0 unspecified atom stereocenters. The fourth-order valence-electron chi connectivity index (χ4n) is 1.85. The number of sulfonamides is 1. The van der Waals surface area contributed by atoms with Gasteiger partial charge < -0.3 is 4.52 Å². The lowest BCUT2D eigenvalue weighted by Gasteiger charge is -2.07. The molecule has 0 aliphatic rings. The molecule has 1 aromatic carbocycles. The zero-order chi connectivity index (χ0) is 15.6. The van der Waals surface area contributed by atoms with Gasteiger partial charge in [-0.3, -0.25) is 9.71 Å². The van der Waals surface area contributed by atoms with E-state index in [9.17, 15) is 12.8 Å². The van der Waals surface area contributed by atoms with Gasteiger partial charge in [0.25, 0.3) is 10.0 Å². The van der Waals surface area contributed by atoms with Crippen LogP contribution in [-0.2, 0) is 10.0 Å². The normalized spacial score (nSPS) is 11.3. The van der Waals surface area contributed by atoms with Crippen LogP contribution in [0.2, 0.25) is 0 Å². The molecule has 0 aliphatic carbocycles. The van der Waals surface area contributed by atoms with E-state index in [1.807, 2.05) is 6.07 Å². The molecule has 6 nitrogen and oxygen atoms in total. The van der Waals surface area contributed by atoms with E-state index >= 15 is 0 Å². The summed E-state index contributed by atoms with van der Waals surface area (Å²) in [5.41, 5.74) is 0.825. The monoisotopic (exact) mass is 319 g/mol. The average molecular weight is 319 g/mol. The van der Waals surface area contributed by atoms with E-state index < -0.39 is 15.8 Å². The number of nitrogens with zero attached hydrogens (tertiary/aromatic N) is 2. The first-order valence-electron chi connectivity index (χ1n) is 6.20. The van der Waals surface area contributed by atoms with Crippen LogP contribution in [0.15, 0.2) is 64.4 Å². The molecule has 2 heterocycles. The number of hydrogen-bond acceptors (Lipinski definition) is 5. The molecular weight excluding hydrogens is 309 g/mol. The van der Waals surface area contributed by atoms with Gasteiger partial charge in [-0.25, -0.2) is 12.8 Å². The predicted molar refractivity (Wildman–Crippen MR) is 76.9 cm³/mol. The highest BCUT2D eigenvalue weighted by Crippen LogP contribution is 2.29. The van der Waals surface area contributed by atoms with Gasteiger partial charge in [0, 0.05) is 11.8 Å². The Morgan fingerprint density at radius 3 is 2.59 bits per heavy atom. The Morgan fingerprint density at radius 1 is 1.09 bits per heavy atom. The lowest BCUT2D eigenvalue weighted by molar-refractivity contribution is 0.432. The second-order valence-corrected chi connectivity index (χ2v) is 6.06. The van der Waals surface area contributed by atoms with E-state index in [4.69, 9.17) is 4.52 Å². The van der Waals surface area contributed by atoms with Crippen molar-refractivity contribution in [1.82, 2.24) is 10.1 Å². The van der Waals surface area contributed by atoms with Gasteiger partial charge in [-0.2, -0.15) is 0 Å². The van der Waals surface area contributed by atoms with Crippen LogP contribution in [0.25, 0.3) is 11.3 Å². The number of aromatic nitrogens is 2. The highest BCUT2D eigenvalue weighted by molar-refractivity contribution is 7.92. The van der Waals surface area contributed by atoms with Crippen LogP contribution in [0.3, 0.4) is 0 Å². The van der Waals surface area contributed by atoms with Gasteiger partial charge in [-0.05, 0) is 6.07 Å². The van der Waals surface area contributed by atoms with Crippen LogP contribution in [0.4, 0.5) is 10.1 Å². The molecule has 1 N–H and O–H groups in total. The van der Waals surface area contributed by atoms with E-state index in [0.29, 0.717) is 5.56 Å². The summed E-state index contributed by atoms with van der Waals surface area (Å²) in [5, 5.41) is 3.60. The maximum Gasteiger partial charge on any atom is 0.263 e. The van der Waals surface area contributed by atoms with Crippen molar-refractivity contribution < 1.29 is 17.3 Å². The Bertz CT molecular complexity index is 894. The molecule has 0 saturated heterocycles. The first-order valence-corrected chi connectivity index (χ1v) is 7.68. The molecule has 112 valence electrons. The van der Waals surface area contributed by atoms with Gasteiger partial charge in [0.1, 0.15) is 16.4 Å². The fourth-order valence-corrected chi connectivity index (χ4v) is 2.87. The third-order valence-corrected chi connectivity index (χ3v) is 4.17. The topological polar surface area (TPSA) is 85.1 Å². The lowest BCUT2D eigenvalue weighted by atomic mass is 10.1. The van der Waals surface area contributed by atoms with Gasteiger partial charge in [-0.1, -0.05) is 35.5 Å². The molecule has 22 heavy (non-hydrogen) atoms. The first kappa shape index (κ1) is 14.2. The number of anilines is 1. The van der Waals surface area contributed by atoms with Crippen LogP contribution in [0.5, 0.6) is 0 Å². The van der Waals surface area contributed by atoms with Gasteiger partial charge in [-0.15, -0.1) is 0 Å². The highest BCUT2D eigenvalue weighted by atomic mass is 32.2. The molecule has 0 spiro atoms. The van der Waals surface area contributed by atoms with Crippen LogP contribution in [-0.4, -0.2) is 18.6 Å². The van der Waals surface area contributed by atoms with Crippen molar-refractivity contribution in [3.05, 3.63) is 60.8 Å². The van der Waals surface area contributed by atoms with Gasteiger partial charge >= 0.3 is 0 Å². The molecular formula is C14H10FN3O3S. The Balaban J connectivity index is 1.96. The summed E-state index contributed by atoms with van der Waals surface area (Å²) in [6, 6.07) is 9.77. The van der Waals surface area contributed by atoms with Crippen LogP contribution >= 0.6 is 0 Å². The molecule has 2 aromatic heterocycles.